The summed E-state index contributed by atoms with van der Waals surface area (Å²) in [4.78, 5) is 4.26. The number of aromatic nitrogens is 1. The zero-order chi connectivity index (χ0) is 13.1. The van der Waals surface area contributed by atoms with Gasteiger partial charge in [0.15, 0.2) is 0 Å². The van der Waals surface area contributed by atoms with Crippen LogP contribution in [0.2, 0.25) is 5.02 Å². The van der Waals surface area contributed by atoms with Crippen LogP contribution in [0.3, 0.4) is 0 Å². The van der Waals surface area contributed by atoms with Crippen molar-refractivity contribution in [3.63, 3.8) is 0 Å². The van der Waals surface area contributed by atoms with Gasteiger partial charge in [-0.15, -0.1) is 0 Å². The van der Waals surface area contributed by atoms with Crippen LogP contribution in [-0.4, -0.2) is 10.1 Å². The van der Waals surface area contributed by atoms with Gasteiger partial charge >= 0.3 is 0 Å². The molecule has 0 aliphatic carbocycles. The second kappa shape index (κ2) is 5.83. The summed E-state index contributed by atoms with van der Waals surface area (Å²) in [6, 6.07) is 11.2. The van der Waals surface area contributed by atoms with Gasteiger partial charge in [0, 0.05) is 27.3 Å². The largest absolute Gasteiger partial charge is 0.388 e. The molecular weight excluding hydrogens is 314 g/mol. The first kappa shape index (κ1) is 13.5. The quantitative estimate of drug-likeness (QED) is 0.910. The number of halogens is 2. The van der Waals surface area contributed by atoms with Crippen molar-refractivity contribution in [3.05, 3.63) is 63.3 Å². The highest BCUT2D eigenvalue weighted by Gasteiger charge is 2.21. The van der Waals surface area contributed by atoms with Gasteiger partial charge in [-0.05, 0) is 29.8 Å². The second-order valence-corrected chi connectivity index (χ2v) is 5.48. The predicted octanol–water partition coefficient (Wildman–Crippen LogP) is 4.33. The van der Waals surface area contributed by atoms with Crippen molar-refractivity contribution in [2.24, 2.45) is 0 Å². The van der Waals surface area contributed by atoms with E-state index in [4.69, 9.17) is 11.6 Å². The molecule has 2 aromatic rings. The Balaban J connectivity index is 2.28. The van der Waals surface area contributed by atoms with Crippen LogP contribution in [0.1, 0.15) is 30.2 Å². The van der Waals surface area contributed by atoms with Crippen LogP contribution in [0.4, 0.5) is 0 Å². The molecule has 94 valence electrons. The van der Waals surface area contributed by atoms with Crippen LogP contribution in [0.25, 0.3) is 0 Å². The summed E-state index contributed by atoms with van der Waals surface area (Å²) < 4.78 is 0.897. The normalized spacial score (nSPS) is 14.2. The highest BCUT2D eigenvalue weighted by Crippen LogP contribution is 2.34. The number of hydrogen-bond acceptors (Lipinski definition) is 2. The molecular formula is C14H13BrClNO. The highest BCUT2D eigenvalue weighted by molar-refractivity contribution is 9.10. The Bertz CT molecular complexity index is 533. The lowest BCUT2D eigenvalue weighted by Gasteiger charge is -2.19. The summed E-state index contributed by atoms with van der Waals surface area (Å²) in [6.07, 6.45) is 1.06. The summed E-state index contributed by atoms with van der Waals surface area (Å²) in [6.45, 7) is 1.94. The molecule has 0 fully saturated rings. The topological polar surface area (TPSA) is 33.1 Å². The molecule has 0 saturated heterocycles. The molecule has 0 bridgehead atoms. The lowest BCUT2D eigenvalue weighted by atomic mass is 9.94. The van der Waals surface area contributed by atoms with Crippen molar-refractivity contribution >= 4 is 27.5 Å². The lowest BCUT2D eigenvalue weighted by molar-refractivity contribution is 0.150. The monoisotopic (exact) mass is 325 g/mol. The van der Waals surface area contributed by atoms with Gasteiger partial charge in [-0.1, -0.05) is 46.6 Å². The maximum Gasteiger partial charge on any atom is 0.0885 e. The Morgan fingerprint density at radius 2 is 2.06 bits per heavy atom. The molecule has 1 aromatic carbocycles. The number of aliphatic hydroxyl groups is 1. The number of rotatable bonds is 3. The van der Waals surface area contributed by atoms with Crippen LogP contribution in [0, 0.1) is 0 Å². The summed E-state index contributed by atoms with van der Waals surface area (Å²) in [5.74, 6) is -0.107. The Morgan fingerprint density at radius 3 is 2.67 bits per heavy atom. The number of pyridine rings is 1. The zero-order valence-electron chi connectivity index (χ0n) is 9.85. The van der Waals surface area contributed by atoms with Gasteiger partial charge in [0.25, 0.3) is 0 Å². The van der Waals surface area contributed by atoms with Gasteiger partial charge in [-0.2, -0.15) is 0 Å². The third-order valence-electron chi connectivity index (χ3n) is 2.91. The van der Waals surface area contributed by atoms with Crippen molar-refractivity contribution in [3.8, 4) is 0 Å². The smallest absolute Gasteiger partial charge is 0.0885 e. The highest BCUT2D eigenvalue weighted by atomic mass is 79.9. The van der Waals surface area contributed by atoms with Crippen LogP contribution in [0.5, 0.6) is 0 Å². The van der Waals surface area contributed by atoms with Crippen LogP contribution in [-0.2, 0) is 0 Å². The molecule has 1 aromatic heterocycles. The van der Waals surface area contributed by atoms with E-state index in [1.54, 1.807) is 12.3 Å². The summed E-state index contributed by atoms with van der Waals surface area (Å²) >= 11 is 9.49. The Hall–Kier alpha value is -0.900. The molecule has 0 saturated carbocycles. The molecule has 2 rings (SSSR count). The van der Waals surface area contributed by atoms with E-state index in [0.29, 0.717) is 5.02 Å². The molecule has 2 unspecified atom stereocenters. The third-order valence-corrected chi connectivity index (χ3v) is 3.73. The van der Waals surface area contributed by atoms with Gasteiger partial charge in [-0.3, -0.25) is 4.98 Å². The third kappa shape index (κ3) is 2.91. The van der Waals surface area contributed by atoms with Crippen molar-refractivity contribution in [2.75, 3.05) is 0 Å². The molecule has 1 N–H and O–H groups in total. The van der Waals surface area contributed by atoms with Crippen LogP contribution in [0.15, 0.2) is 47.1 Å². The molecule has 2 nitrogen and oxygen atoms in total. The van der Waals surface area contributed by atoms with Gasteiger partial charge in [0.2, 0.25) is 0 Å². The molecule has 4 heteroatoms. The molecule has 0 amide bonds. The average Bonchev–Trinajstić information content (AvgIpc) is 2.38. The molecule has 1 heterocycles. The maximum atomic E-state index is 10.4. The molecule has 0 spiro atoms. The number of benzene rings is 1. The maximum absolute atomic E-state index is 10.4. The van der Waals surface area contributed by atoms with E-state index in [2.05, 4.69) is 20.9 Å². The Kier molecular flexibility index (Phi) is 4.38. The molecule has 0 radical (unpaired) electrons. The number of hydrogen-bond donors (Lipinski definition) is 1. The molecule has 2 atom stereocenters. The van der Waals surface area contributed by atoms with E-state index in [9.17, 15) is 5.11 Å². The average molecular weight is 327 g/mol. The van der Waals surface area contributed by atoms with Crippen molar-refractivity contribution in [1.82, 2.24) is 4.98 Å². The van der Waals surface area contributed by atoms with Gasteiger partial charge in [0.1, 0.15) is 0 Å². The summed E-state index contributed by atoms with van der Waals surface area (Å²) in [7, 11) is 0. The molecule has 18 heavy (non-hydrogen) atoms. The van der Waals surface area contributed by atoms with Gasteiger partial charge in [0.05, 0.1) is 6.10 Å². The van der Waals surface area contributed by atoms with E-state index >= 15 is 0 Å². The standard InChI is InChI=1S/C14H13BrClNO/c1-9(13-4-2-3-7-17-13)14(18)11-6-5-10(15)8-12(11)16/h2-9,14,18H,1H3. The fourth-order valence-electron chi connectivity index (χ4n) is 1.82. The number of aliphatic hydroxyl groups excluding tert-OH is 1. The van der Waals surface area contributed by atoms with Crippen molar-refractivity contribution in [1.29, 1.82) is 0 Å². The minimum atomic E-state index is -0.666. The van der Waals surface area contributed by atoms with Crippen molar-refractivity contribution < 1.29 is 5.11 Å². The minimum Gasteiger partial charge on any atom is -0.388 e. The van der Waals surface area contributed by atoms with Gasteiger partial charge < -0.3 is 5.11 Å². The van der Waals surface area contributed by atoms with Gasteiger partial charge in [-0.25, -0.2) is 0 Å². The molecule has 0 aliphatic heterocycles. The second-order valence-electron chi connectivity index (χ2n) is 4.15. The Labute approximate surface area is 120 Å². The first-order valence-electron chi connectivity index (χ1n) is 5.63. The van der Waals surface area contributed by atoms with Crippen LogP contribution < -0.4 is 0 Å². The van der Waals surface area contributed by atoms with E-state index in [-0.39, 0.29) is 5.92 Å². The zero-order valence-corrected chi connectivity index (χ0v) is 12.2. The van der Waals surface area contributed by atoms with E-state index < -0.39 is 6.10 Å². The fraction of sp³-hybridized carbons (Fsp3) is 0.214. The van der Waals surface area contributed by atoms with E-state index in [0.717, 1.165) is 15.7 Å². The first-order chi connectivity index (χ1) is 8.59. The van der Waals surface area contributed by atoms with E-state index in [1.807, 2.05) is 37.3 Å². The Morgan fingerprint density at radius 1 is 1.28 bits per heavy atom. The van der Waals surface area contributed by atoms with Crippen LogP contribution >= 0.6 is 27.5 Å². The van der Waals surface area contributed by atoms with Crippen molar-refractivity contribution in [2.45, 2.75) is 18.9 Å². The summed E-state index contributed by atoms with van der Waals surface area (Å²) in [5.41, 5.74) is 1.57. The van der Waals surface area contributed by atoms with E-state index in [1.165, 1.54) is 0 Å². The minimum absolute atomic E-state index is 0.107. The lowest BCUT2D eigenvalue weighted by Crippen LogP contribution is -2.09. The number of nitrogens with zero attached hydrogens (tertiary/aromatic N) is 1. The predicted molar refractivity (Wildman–Crippen MR) is 76.8 cm³/mol. The molecule has 0 aliphatic rings. The fourth-order valence-corrected chi connectivity index (χ4v) is 2.60. The first-order valence-corrected chi connectivity index (χ1v) is 6.80. The summed E-state index contributed by atoms with van der Waals surface area (Å²) in [5, 5.41) is 10.9. The SMILES string of the molecule is CC(c1ccccn1)C(O)c1ccc(Br)cc1Cl.